The Kier molecular flexibility index (Phi) is 4.10. The van der Waals surface area contributed by atoms with Crippen LogP contribution in [0.5, 0.6) is 0 Å². The highest BCUT2D eigenvalue weighted by atomic mass is 79.9. The molecule has 3 heteroatoms. The number of hydrogen-bond acceptors (Lipinski definition) is 2. The minimum absolute atomic E-state index is 0.585. The molecule has 1 N–H and O–H groups in total. The minimum Gasteiger partial charge on any atom is -0.365 e. The number of hydrogen-bond donors (Lipinski definition) is 1. The van der Waals surface area contributed by atoms with Gasteiger partial charge in [0.15, 0.2) is 0 Å². The Morgan fingerprint density at radius 2 is 2.18 bits per heavy atom. The number of halogens is 1. The van der Waals surface area contributed by atoms with Gasteiger partial charge in [-0.1, -0.05) is 26.0 Å². The smallest absolute Gasteiger partial charge is 0.0516 e. The molecule has 1 unspecified atom stereocenters. The molecule has 0 amide bonds. The molecule has 1 aliphatic heterocycles. The number of aryl methyl sites for hydroxylation is 1. The zero-order valence-electron chi connectivity index (χ0n) is 10.8. The van der Waals surface area contributed by atoms with Gasteiger partial charge in [-0.25, -0.2) is 0 Å². The molecule has 0 spiro atoms. The van der Waals surface area contributed by atoms with E-state index in [4.69, 9.17) is 0 Å². The van der Waals surface area contributed by atoms with Gasteiger partial charge < -0.3 is 10.2 Å². The highest BCUT2D eigenvalue weighted by Crippen LogP contribution is 2.32. The van der Waals surface area contributed by atoms with E-state index in [-0.39, 0.29) is 0 Å². The summed E-state index contributed by atoms with van der Waals surface area (Å²) in [5.74, 6) is 0.662. The maximum Gasteiger partial charge on any atom is 0.0516 e. The van der Waals surface area contributed by atoms with Gasteiger partial charge in [-0.3, -0.25) is 0 Å². The molecule has 1 atom stereocenters. The zero-order chi connectivity index (χ0) is 12.4. The Labute approximate surface area is 113 Å². The molecule has 1 aliphatic rings. The standard InChI is InChI=1S/C14H21BrN2/c1-10(2)13-9-16-7-8-17(13)12-6-4-5-11(3)14(12)15/h4-6,10,13,16H,7-9H2,1-3H3. The molecule has 1 aromatic carbocycles. The van der Waals surface area contributed by atoms with Crippen molar-refractivity contribution in [2.24, 2.45) is 5.92 Å². The van der Waals surface area contributed by atoms with E-state index in [9.17, 15) is 0 Å². The first kappa shape index (κ1) is 12.9. The number of piperazine rings is 1. The summed E-state index contributed by atoms with van der Waals surface area (Å²) in [6.45, 7) is 10.00. The normalized spacial score (nSPS) is 21.0. The molecule has 0 saturated carbocycles. The topological polar surface area (TPSA) is 15.3 Å². The predicted octanol–water partition coefficient (Wildman–Crippen LogP) is 3.19. The van der Waals surface area contributed by atoms with Gasteiger partial charge in [0.1, 0.15) is 0 Å². The summed E-state index contributed by atoms with van der Waals surface area (Å²) in [5, 5.41) is 3.49. The number of rotatable bonds is 2. The van der Waals surface area contributed by atoms with Gasteiger partial charge in [0.05, 0.1) is 5.69 Å². The van der Waals surface area contributed by atoms with Crippen molar-refractivity contribution in [2.45, 2.75) is 26.8 Å². The number of anilines is 1. The van der Waals surface area contributed by atoms with Crippen LogP contribution < -0.4 is 10.2 Å². The molecule has 1 saturated heterocycles. The Balaban J connectivity index is 2.33. The fourth-order valence-electron chi connectivity index (χ4n) is 2.47. The summed E-state index contributed by atoms with van der Waals surface area (Å²) < 4.78 is 1.24. The van der Waals surface area contributed by atoms with Gasteiger partial charge in [0, 0.05) is 30.1 Å². The summed E-state index contributed by atoms with van der Waals surface area (Å²) in [6.07, 6.45) is 0. The number of benzene rings is 1. The summed E-state index contributed by atoms with van der Waals surface area (Å²) in [5.41, 5.74) is 2.65. The van der Waals surface area contributed by atoms with Crippen LogP contribution in [0.15, 0.2) is 22.7 Å². The van der Waals surface area contributed by atoms with Crippen molar-refractivity contribution >= 4 is 21.6 Å². The lowest BCUT2D eigenvalue weighted by Gasteiger charge is -2.41. The minimum atomic E-state index is 0.585. The third-order valence-electron chi connectivity index (χ3n) is 3.53. The van der Waals surface area contributed by atoms with Crippen LogP contribution in [0.3, 0.4) is 0 Å². The molecule has 1 aromatic rings. The molecular formula is C14H21BrN2. The van der Waals surface area contributed by atoms with Crippen LogP contribution in [0.1, 0.15) is 19.4 Å². The first-order valence-electron chi connectivity index (χ1n) is 6.33. The maximum absolute atomic E-state index is 3.73. The molecule has 0 radical (unpaired) electrons. The molecule has 94 valence electrons. The Morgan fingerprint density at radius 3 is 2.88 bits per heavy atom. The maximum atomic E-state index is 3.73. The second kappa shape index (κ2) is 5.40. The van der Waals surface area contributed by atoms with Crippen LogP contribution in [0.2, 0.25) is 0 Å². The van der Waals surface area contributed by atoms with E-state index in [1.54, 1.807) is 0 Å². The van der Waals surface area contributed by atoms with E-state index in [2.05, 4.69) is 65.1 Å². The second-order valence-electron chi connectivity index (χ2n) is 5.12. The van der Waals surface area contributed by atoms with E-state index >= 15 is 0 Å². The Bertz CT molecular complexity index is 390. The number of nitrogens with one attached hydrogen (secondary N) is 1. The largest absolute Gasteiger partial charge is 0.365 e. The van der Waals surface area contributed by atoms with Crippen molar-refractivity contribution in [3.8, 4) is 0 Å². The second-order valence-corrected chi connectivity index (χ2v) is 5.91. The third kappa shape index (κ3) is 2.66. The number of nitrogens with zero attached hydrogens (tertiary/aromatic N) is 1. The van der Waals surface area contributed by atoms with Gasteiger partial charge in [-0.15, -0.1) is 0 Å². The summed E-state index contributed by atoms with van der Waals surface area (Å²) in [4.78, 5) is 2.54. The van der Waals surface area contributed by atoms with Crippen LogP contribution >= 0.6 is 15.9 Å². The lowest BCUT2D eigenvalue weighted by molar-refractivity contribution is 0.390. The third-order valence-corrected chi connectivity index (χ3v) is 4.57. The van der Waals surface area contributed by atoms with Crippen molar-refractivity contribution in [3.05, 3.63) is 28.2 Å². The van der Waals surface area contributed by atoms with Crippen LogP contribution in [0, 0.1) is 12.8 Å². The van der Waals surface area contributed by atoms with Crippen molar-refractivity contribution in [3.63, 3.8) is 0 Å². The first-order chi connectivity index (χ1) is 8.11. The molecule has 0 aliphatic carbocycles. The van der Waals surface area contributed by atoms with E-state index in [0.29, 0.717) is 12.0 Å². The first-order valence-corrected chi connectivity index (χ1v) is 7.13. The molecule has 17 heavy (non-hydrogen) atoms. The van der Waals surface area contributed by atoms with Crippen LogP contribution in [0.25, 0.3) is 0 Å². The molecule has 0 aromatic heterocycles. The van der Waals surface area contributed by atoms with E-state index in [1.807, 2.05) is 0 Å². The van der Waals surface area contributed by atoms with Crippen molar-refractivity contribution in [1.82, 2.24) is 5.32 Å². The summed E-state index contributed by atoms with van der Waals surface area (Å²) >= 11 is 3.73. The molecule has 1 fully saturated rings. The van der Waals surface area contributed by atoms with Crippen molar-refractivity contribution in [1.29, 1.82) is 0 Å². The van der Waals surface area contributed by atoms with Crippen molar-refractivity contribution < 1.29 is 0 Å². The van der Waals surface area contributed by atoms with Gasteiger partial charge in [-0.2, -0.15) is 0 Å². The molecular weight excluding hydrogens is 276 g/mol. The van der Waals surface area contributed by atoms with Gasteiger partial charge in [0.2, 0.25) is 0 Å². The van der Waals surface area contributed by atoms with E-state index in [0.717, 1.165) is 19.6 Å². The van der Waals surface area contributed by atoms with Crippen LogP contribution in [-0.2, 0) is 0 Å². The Morgan fingerprint density at radius 1 is 1.41 bits per heavy atom. The zero-order valence-corrected chi connectivity index (χ0v) is 12.4. The van der Waals surface area contributed by atoms with Crippen molar-refractivity contribution in [2.75, 3.05) is 24.5 Å². The predicted molar refractivity (Wildman–Crippen MR) is 77.7 cm³/mol. The van der Waals surface area contributed by atoms with Gasteiger partial charge in [-0.05, 0) is 40.4 Å². The monoisotopic (exact) mass is 296 g/mol. The fraction of sp³-hybridized carbons (Fsp3) is 0.571. The molecule has 1 heterocycles. The molecule has 2 nitrogen and oxygen atoms in total. The van der Waals surface area contributed by atoms with Gasteiger partial charge >= 0.3 is 0 Å². The fourth-order valence-corrected chi connectivity index (χ4v) is 2.97. The quantitative estimate of drug-likeness (QED) is 0.902. The highest BCUT2D eigenvalue weighted by Gasteiger charge is 2.26. The highest BCUT2D eigenvalue weighted by molar-refractivity contribution is 9.10. The van der Waals surface area contributed by atoms with Gasteiger partial charge in [0.25, 0.3) is 0 Å². The lowest BCUT2D eigenvalue weighted by Crippen LogP contribution is -2.53. The SMILES string of the molecule is Cc1cccc(N2CCNCC2C(C)C)c1Br. The average Bonchev–Trinajstić information content (AvgIpc) is 2.33. The van der Waals surface area contributed by atoms with E-state index < -0.39 is 0 Å². The summed E-state index contributed by atoms with van der Waals surface area (Å²) in [7, 11) is 0. The summed E-state index contributed by atoms with van der Waals surface area (Å²) in [6, 6.07) is 7.11. The Hall–Kier alpha value is -0.540. The van der Waals surface area contributed by atoms with E-state index in [1.165, 1.54) is 15.7 Å². The van der Waals surface area contributed by atoms with Crippen LogP contribution in [0.4, 0.5) is 5.69 Å². The molecule has 2 rings (SSSR count). The van der Waals surface area contributed by atoms with Crippen LogP contribution in [-0.4, -0.2) is 25.7 Å². The lowest BCUT2D eigenvalue weighted by atomic mass is 9.99. The molecule has 0 bridgehead atoms. The average molecular weight is 297 g/mol.